The van der Waals surface area contributed by atoms with Gasteiger partial charge in [0.1, 0.15) is 0 Å². The van der Waals surface area contributed by atoms with Crippen LogP contribution in [-0.2, 0) is 17.8 Å². The predicted molar refractivity (Wildman–Crippen MR) is 106 cm³/mol. The number of aromatic amines is 1. The van der Waals surface area contributed by atoms with Gasteiger partial charge in [0.2, 0.25) is 5.91 Å². The van der Waals surface area contributed by atoms with Crippen LogP contribution >= 0.6 is 0 Å². The van der Waals surface area contributed by atoms with E-state index in [-0.39, 0.29) is 5.56 Å². The van der Waals surface area contributed by atoms with E-state index in [0.29, 0.717) is 30.3 Å². The lowest BCUT2D eigenvalue weighted by atomic mass is 9.93. The average molecular weight is 383 g/mol. The molecule has 5 rings (SSSR count). The Balaban J connectivity index is 1.38. The molecule has 7 nitrogen and oxygen atoms in total. The molecule has 7 heteroatoms. The Bertz CT molecular complexity index is 963. The van der Waals surface area contributed by atoms with Gasteiger partial charge in [-0.15, -0.1) is 0 Å². The molecule has 0 radical (unpaired) electrons. The van der Waals surface area contributed by atoms with Crippen LogP contribution < -0.4 is 5.56 Å². The second-order valence-corrected chi connectivity index (χ2v) is 8.94. The number of likely N-dealkylation sites (tertiary alicyclic amines) is 1. The lowest BCUT2D eigenvalue weighted by molar-refractivity contribution is -0.133. The Kier molecular flexibility index (Phi) is 4.30. The van der Waals surface area contributed by atoms with Crippen molar-refractivity contribution in [3.8, 4) is 0 Å². The molecule has 3 aliphatic rings. The highest BCUT2D eigenvalue weighted by molar-refractivity contribution is 5.81. The summed E-state index contributed by atoms with van der Waals surface area (Å²) in [5.74, 6) is 0.994. The van der Waals surface area contributed by atoms with Crippen LogP contribution in [0.5, 0.6) is 0 Å². The minimum Gasteiger partial charge on any atom is -0.342 e. The number of piperidine rings is 1. The summed E-state index contributed by atoms with van der Waals surface area (Å²) < 4.78 is 1.62. The lowest BCUT2D eigenvalue weighted by Gasteiger charge is -2.31. The maximum absolute atomic E-state index is 13.1. The molecule has 2 aromatic rings. The molecule has 1 aliphatic carbocycles. The Morgan fingerprint density at radius 2 is 1.93 bits per heavy atom. The summed E-state index contributed by atoms with van der Waals surface area (Å²) in [7, 11) is 0. The molecule has 0 unspecified atom stereocenters. The quantitative estimate of drug-likeness (QED) is 0.879. The van der Waals surface area contributed by atoms with Gasteiger partial charge in [0, 0.05) is 62.2 Å². The van der Waals surface area contributed by atoms with E-state index in [1.165, 1.54) is 0 Å². The molecule has 2 aromatic heterocycles. The van der Waals surface area contributed by atoms with Crippen molar-refractivity contribution in [3.05, 3.63) is 33.4 Å². The zero-order chi connectivity index (χ0) is 19.4. The summed E-state index contributed by atoms with van der Waals surface area (Å²) in [5.41, 5.74) is 3.63. The van der Waals surface area contributed by atoms with E-state index in [1.54, 1.807) is 4.52 Å². The van der Waals surface area contributed by atoms with Gasteiger partial charge in [0.05, 0.1) is 11.3 Å². The van der Waals surface area contributed by atoms with E-state index >= 15 is 0 Å². The van der Waals surface area contributed by atoms with Gasteiger partial charge in [-0.25, -0.2) is 9.50 Å². The van der Waals surface area contributed by atoms with E-state index in [0.717, 1.165) is 74.3 Å². The first-order valence-electron chi connectivity index (χ1n) is 10.7. The number of nitrogens with zero attached hydrogens (tertiary/aromatic N) is 4. The average Bonchev–Trinajstić information content (AvgIpc) is 3.47. The molecule has 0 bridgehead atoms. The zero-order valence-electron chi connectivity index (χ0n) is 16.8. The third-order valence-corrected chi connectivity index (χ3v) is 6.71. The van der Waals surface area contributed by atoms with Crippen LogP contribution in [-0.4, -0.2) is 56.0 Å². The second-order valence-electron chi connectivity index (χ2n) is 8.94. The number of carbonyl (C=O) groups excluding carboxylic acids is 1. The number of hydrogen-bond acceptors (Lipinski definition) is 4. The van der Waals surface area contributed by atoms with Crippen molar-refractivity contribution in [3.63, 3.8) is 0 Å². The summed E-state index contributed by atoms with van der Waals surface area (Å²) >= 11 is 0. The summed E-state index contributed by atoms with van der Waals surface area (Å²) in [6.07, 6.45) is 4.85. The normalized spacial score (nSPS) is 21.5. The Morgan fingerprint density at radius 3 is 2.61 bits per heavy atom. The molecule has 150 valence electrons. The van der Waals surface area contributed by atoms with E-state index < -0.39 is 0 Å². The molecular weight excluding hydrogens is 354 g/mol. The molecule has 1 N–H and O–H groups in total. The molecule has 2 aliphatic heterocycles. The van der Waals surface area contributed by atoms with Crippen molar-refractivity contribution < 1.29 is 4.79 Å². The maximum atomic E-state index is 13.1. The first-order valence-corrected chi connectivity index (χ1v) is 10.7. The van der Waals surface area contributed by atoms with E-state index in [4.69, 9.17) is 4.98 Å². The highest BCUT2D eigenvalue weighted by Gasteiger charge is 2.35. The van der Waals surface area contributed by atoms with Gasteiger partial charge in [0.25, 0.3) is 5.56 Å². The zero-order valence-corrected chi connectivity index (χ0v) is 16.8. The second kappa shape index (κ2) is 6.72. The topological polar surface area (TPSA) is 73.7 Å². The van der Waals surface area contributed by atoms with Gasteiger partial charge in [-0.05, 0) is 39.5 Å². The standard InChI is InChI=1S/C21H29N5O2/c1-13(2)25-10-7-17-16(12-25)21(28)26-19(22-17)11-18(23-26)14-5-8-24(9-6-14)20(27)15-3-4-15/h11,13-15,23H,3-10,12H2,1-2H3. The Hall–Kier alpha value is -2.15. The number of aromatic nitrogens is 3. The van der Waals surface area contributed by atoms with Crippen molar-refractivity contribution in [1.29, 1.82) is 0 Å². The molecule has 0 spiro atoms. The van der Waals surface area contributed by atoms with Crippen LogP contribution in [0.15, 0.2) is 10.9 Å². The first-order chi connectivity index (χ1) is 13.5. The van der Waals surface area contributed by atoms with Crippen LogP contribution in [0.25, 0.3) is 5.65 Å². The van der Waals surface area contributed by atoms with Crippen molar-refractivity contribution in [1.82, 2.24) is 24.4 Å². The first kappa shape index (κ1) is 17.9. The summed E-state index contributed by atoms with van der Waals surface area (Å²) in [6.45, 7) is 7.61. The van der Waals surface area contributed by atoms with Crippen molar-refractivity contribution in [2.24, 2.45) is 5.92 Å². The number of H-pyrrole nitrogens is 1. The summed E-state index contributed by atoms with van der Waals surface area (Å²) in [4.78, 5) is 34.5. The number of carbonyl (C=O) groups is 1. The van der Waals surface area contributed by atoms with Crippen molar-refractivity contribution in [2.45, 2.75) is 64.5 Å². The molecule has 1 amide bonds. The Labute approximate surface area is 164 Å². The minimum absolute atomic E-state index is 0.0398. The third kappa shape index (κ3) is 3.05. The smallest absolute Gasteiger partial charge is 0.277 e. The fourth-order valence-corrected chi connectivity index (χ4v) is 4.67. The minimum atomic E-state index is 0.0398. The van der Waals surface area contributed by atoms with Gasteiger partial charge in [0.15, 0.2) is 5.65 Å². The number of amides is 1. The van der Waals surface area contributed by atoms with Crippen LogP contribution in [0.4, 0.5) is 0 Å². The van der Waals surface area contributed by atoms with Crippen LogP contribution in [0.3, 0.4) is 0 Å². The molecule has 28 heavy (non-hydrogen) atoms. The number of rotatable bonds is 3. The monoisotopic (exact) mass is 383 g/mol. The predicted octanol–water partition coefficient (Wildman–Crippen LogP) is 1.91. The highest BCUT2D eigenvalue weighted by Crippen LogP contribution is 2.34. The van der Waals surface area contributed by atoms with Crippen molar-refractivity contribution >= 4 is 11.6 Å². The molecule has 2 fully saturated rings. The molecule has 1 saturated carbocycles. The van der Waals surface area contributed by atoms with Gasteiger partial charge in [-0.3, -0.25) is 19.6 Å². The number of nitrogens with one attached hydrogen (secondary N) is 1. The summed E-state index contributed by atoms with van der Waals surface area (Å²) in [5, 5.41) is 3.33. The van der Waals surface area contributed by atoms with E-state index in [2.05, 4.69) is 23.8 Å². The van der Waals surface area contributed by atoms with E-state index in [1.807, 2.05) is 11.0 Å². The highest BCUT2D eigenvalue weighted by atomic mass is 16.2. The van der Waals surface area contributed by atoms with Gasteiger partial charge in [-0.2, -0.15) is 0 Å². The largest absolute Gasteiger partial charge is 0.342 e. The van der Waals surface area contributed by atoms with Gasteiger partial charge in [-0.1, -0.05) is 0 Å². The molecule has 0 aromatic carbocycles. The molecule has 0 atom stereocenters. The fourth-order valence-electron chi connectivity index (χ4n) is 4.67. The number of hydrogen-bond donors (Lipinski definition) is 1. The summed E-state index contributed by atoms with van der Waals surface area (Å²) in [6, 6.07) is 2.47. The molecular formula is C21H29N5O2. The van der Waals surface area contributed by atoms with E-state index in [9.17, 15) is 9.59 Å². The fraction of sp³-hybridized carbons (Fsp3) is 0.667. The lowest BCUT2D eigenvalue weighted by Crippen LogP contribution is -2.40. The number of fused-ring (bicyclic) bond motifs is 2. The molecule has 1 saturated heterocycles. The maximum Gasteiger partial charge on any atom is 0.277 e. The van der Waals surface area contributed by atoms with Crippen molar-refractivity contribution in [2.75, 3.05) is 19.6 Å². The van der Waals surface area contributed by atoms with Crippen LogP contribution in [0.1, 0.15) is 62.4 Å². The van der Waals surface area contributed by atoms with Gasteiger partial charge >= 0.3 is 0 Å². The molecule has 4 heterocycles. The Morgan fingerprint density at radius 1 is 1.18 bits per heavy atom. The van der Waals surface area contributed by atoms with Gasteiger partial charge < -0.3 is 4.90 Å². The SMILES string of the molecule is CC(C)N1CCc2nc3cc(C4CCN(C(=O)C5CC5)CC4)[nH]n3c(=O)c2C1. The third-order valence-electron chi connectivity index (χ3n) is 6.71. The van der Waals surface area contributed by atoms with Crippen LogP contribution in [0, 0.1) is 5.92 Å². The van der Waals surface area contributed by atoms with Crippen LogP contribution in [0.2, 0.25) is 0 Å².